The average Bonchev–Trinajstić information content (AvgIpc) is 2.38. The Morgan fingerprint density at radius 1 is 1.00 bits per heavy atom. The van der Waals surface area contributed by atoms with Crippen LogP contribution in [0.15, 0.2) is 52.6 Å². The molecule has 0 atom stereocenters. The molecule has 0 N–H and O–H groups in total. The molecule has 0 bridgehead atoms. The van der Waals surface area contributed by atoms with E-state index < -0.39 is 0 Å². The molecule has 2 aromatic rings. The van der Waals surface area contributed by atoms with E-state index in [-0.39, 0.29) is 0 Å². The summed E-state index contributed by atoms with van der Waals surface area (Å²) in [6.07, 6.45) is 2.78. The number of pyridine rings is 2. The summed E-state index contributed by atoms with van der Waals surface area (Å²) < 4.78 is 0. The number of nitrogens with zero attached hydrogens (tertiary/aromatic N) is 2. The first-order valence-electron chi connectivity index (χ1n) is 5.10. The lowest BCUT2D eigenvalue weighted by Gasteiger charge is -2.01. The van der Waals surface area contributed by atoms with E-state index in [4.69, 9.17) is 0 Å². The largest absolute Gasteiger partial charge is 0.249 e. The summed E-state index contributed by atoms with van der Waals surface area (Å²) in [5.74, 6) is 0. The summed E-state index contributed by atoms with van der Waals surface area (Å²) in [7, 11) is 3.28. The second-order valence-electron chi connectivity index (χ2n) is 3.16. The summed E-state index contributed by atoms with van der Waals surface area (Å²) in [5.41, 5.74) is 1.13. The van der Waals surface area contributed by atoms with E-state index in [1.165, 1.54) is 0 Å². The third-order valence-corrected chi connectivity index (χ3v) is 4.16. The summed E-state index contributed by atoms with van der Waals surface area (Å²) in [5, 5.41) is 2.05. The zero-order valence-corrected chi connectivity index (χ0v) is 10.6. The third-order valence-electron chi connectivity index (χ3n) is 1.99. The Labute approximate surface area is 103 Å². The van der Waals surface area contributed by atoms with Crippen LogP contribution in [0.4, 0.5) is 0 Å². The van der Waals surface area contributed by atoms with E-state index in [9.17, 15) is 0 Å². The average molecular weight is 248 g/mol. The summed E-state index contributed by atoms with van der Waals surface area (Å²) in [4.78, 5) is 8.77. The zero-order chi connectivity index (χ0) is 11.2. The number of hydrogen-bond acceptors (Lipinski definition) is 4. The lowest BCUT2D eigenvalue weighted by atomic mass is 10.3. The molecule has 0 amide bonds. The van der Waals surface area contributed by atoms with Crippen LogP contribution < -0.4 is 0 Å². The van der Waals surface area contributed by atoms with Gasteiger partial charge in [-0.05, 0) is 52.3 Å². The highest BCUT2D eigenvalue weighted by Gasteiger charge is 2.00. The van der Waals surface area contributed by atoms with Crippen molar-refractivity contribution in [3.63, 3.8) is 0 Å². The lowest BCUT2D eigenvalue weighted by molar-refractivity contribution is 0.974. The maximum absolute atomic E-state index is 4.52. The minimum absolute atomic E-state index is 0.975. The van der Waals surface area contributed by atoms with Crippen molar-refractivity contribution in [2.45, 2.75) is 23.4 Å². The van der Waals surface area contributed by atoms with Crippen LogP contribution in [0.25, 0.3) is 0 Å². The Balaban J connectivity index is 1.99. The first-order valence-corrected chi connectivity index (χ1v) is 7.25. The maximum Gasteiger partial charge on any atom is 0.107 e. The van der Waals surface area contributed by atoms with Crippen molar-refractivity contribution in [2.24, 2.45) is 0 Å². The van der Waals surface area contributed by atoms with Crippen molar-refractivity contribution in [1.29, 1.82) is 0 Å². The molecule has 2 aromatic heterocycles. The topological polar surface area (TPSA) is 25.8 Å². The fourth-order valence-corrected chi connectivity index (χ4v) is 2.97. The van der Waals surface area contributed by atoms with Crippen molar-refractivity contribution >= 4 is 21.6 Å². The van der Waals surface area contributed by atoms with Crippen LogP contribution in [0.1, 0.15) is 12.6 Å². The number of aromatic nitrogens is 2. The molecule has 0 aliphatic carbocycles. The molecule has 0 saturated carbocycles. The number of aryl methyl sites for hydroxylation is 1. The molecule has 82 valence electrons. The molecular weight excluding hydrogens is 236 g/mol. The molecule has 0 spiro atoms. The molecule has 16 heavy (non-hydrogen) atoms. The molecule has 0 radical (unpaired) electrons. The van der Waals surface area contributed by atoms with Crippen molar-refractivity contribution in [1.82, 2.24) is 9.97 Å². The van der Waals surface area contributed by atoms with Crippen LogP contribution in [0.2, 0.25) is 0 Å². The van der Waals surface area contributed by atoms with Gasteiger partial charge in [0.05, 0.1) is 0 Å². The van der Waals surface area contributed by atoms with Gasteiger partial charge in [-0.1, -0.05) is 19.1 Å². The van der Waals surface area contributed by atoms with Gasteiger partial charge in [0.15, 0.2) is 0 Å². The van der Waals surface area contributed by atoms with Gasteiger partial charge in [0.1, 0.15) is 10.1 Å². The second-order valence-corrected chi connectivity index (χ2v) is 5.33. The molecule has 0 aliphatic rings. The minimum atomic E-state index is 0.975. The van der Waals surface area contributed by atoms with Crippen molar-refractivity contribution in [3.8, 4) is 0 Å². The fraction of sp³-hybridized carbons (Fsp3) is 0.167. The van der Waals surface area contributed by atoms with Crippen molar-refractivity contribution < 1.29 is 0 Å². The summed E-state index contributed by atoms with van der Waals surface area (Å²) in [6.45, 7) is 2.11. The Morgan fingerprint density at radius 3 is 2.56 bits per heavy atom. The van der Waals surface area contributed by atoms with Crippen LogP contribution in [0.5, 0.6) is 0 Å². The van der Waals surface area contributed by atoms with Crippen LogP contribution in [-0.2, 0) is 6.42 Å². The lowest BCUT2D eigenvalue weighted by Crippen LogP contribution is -1.86. The molecule has 0 aromatic carbocycles. The highest BCUT2D eigenvalue weighted by atomic mass is 33.1. The van der Waals surface area contributed by atoms with Gasteiger partial charge in [0.2, 0.25) is 0 Å². The van der Waals surface area contributed by atoms with E-state index in [1.54, 1.807) is 27.8 Å². The van der Waals surface area contributed by atoms with Crippen LogP contribution >= 0.6 is 21.6 Å². The van der Waals surface area contributed by atoms with Gasteiger partial charge in [-0.15, -0.1) is 0 Å². The molecule has 0 unspecified atom stereocenters. The predicted octanol–water partition coefficient (Wildman–Crippen LogP) is 3.84. The van der Waals surface area contributed by atoms with Gasteiger partial charge < -0.3 is 0 Å². The highest BCUT2D eigenvalue weighted by Crippen LogP contribution is 2.34. The molecule has 2 nitrogen and oxygen atoms in total. The first kappa shape index (κ1) is 11.5. The number of hydrogen-bond donors (Lipinski definition) is 0. The van der Waals surface area contributed by atoms with Gasteiger partial charge in [-0.3, -0.25) is 0 Å². The van der Waals surface area contributed by atoms with Crippen LogP contribution in [0.3, 0.4) is 0 Å². The second kappa shape index (κ2) is 5.92. The molecule has 0 fully saturated rings. The maximum atomic E-state index is 4.52. The summed E-state index contributed by atoms with van der Waals surface area (Å²) in [6, 6.07) is 12.0. The highest BCUT2D eigenvalue weighted by molar-refractivity contribution is 8.76. The summed E-state index contributed by atoms with van der Waals surface area (Å²) >= 11 is 0. The normalized spacial score (nSPS) is 10.3. The smallest absolute Gasteiger partial charge is 0.107 e. The van der Waals surface area contributed by atoms with Crippen molar-refractivity contribution in [3.05, 3.63) is 48.3 Å². The van der Waals surface area contributed by atoms with Gasteiger partial charge in [-0.25, -0.2) is 9.97 Å². The van der Waals surface area contributed by atoms with Crippen LogP contribution in [0, 0.1) is 0 Å². The monoisotopic (exact) mass is 248 g/mol. The molecule has 2 rings (SSSR count). The Kier molecular flexibility index (Phi) is 4.25. The SMILES string of the molecule is CCc1cccc(SSc2ccccn2)n1. The van der Waals surface area contributed by atoms with E-state index in [1.807, 2.05) is 30.3 Å². The van der Waals surface area contributed by atoms with E-state index >= 15 is 0 Å². The molecule has 0 saturated heterocycles. The fourth-order valence-electron chi connectivity index (χ4n) is 1.18. The number of rotatable bonds is 4. The Bertz CT molecular complexity index is 446. The molecular formula is C12H12N2S2. The van der Waals surface area contributed by atoms with E-state index in [0.29, 0.717) is 0 Å². The standard InChI is InChI=1S/C12H12N2S2/c1-2-10-6-5-8-12(14-10)16-15-11-7-3-4-9-13-11/h3-9H,2H2,1H3. The molecule has 0 aliphatic heterocycles. The predicted molar refractivity (Wildman–Crippen MR) is 69.6 cm³/mol. The zero-order valence-electron chi connectivity index (χ0n) is 8.96. The third kappa shape index (κ3) is 3.25. The van der Waals surface area contributed by atoms with Crippen LogP contribution in [-0.4, -0.2) is 9.97 Å². The molecule has 4 heteroatoms. The van der Waals surface area contributed by atoms with Crippen molar-refractivity contribution in [2.75, 3.05) is 0 Å². The Hall–Kier alpha value is -1.00. The van der Waals surface area contributed by atoms with E-state index in [2.05, 4.69) is 23.0 Å². The molecule has 2 heterocycles. The first-order chi connectivity index (χ1) is 7.88. The quantitative estimate of drug-likeness (QED) is 0.768. The minimum Gasteiger partial charge on any atom is -0.249 e. The van der Waals surface area contributed by atoms with Gasteiger partial charge in [-0.2, -0.15) is 0 Å². The Morgan fingerprint density at radius 2 is 1.81 bits per heavy atom. The van der Waals surface area contributed by atoms with Gasteiger partial charge in [0.25, 0.3) is 0 Å². The van der Waals surface area contributed by atoms with E-state index in [0.717, 1.165) is 22.2 Å². The van der Waals surface area contributed by atoms with Gasteiger partial charge >= 0.3 is 0 Å². The van der Waals surface area contributed by atoms with Gasteiger partial charge in [0, 0.05) is 11.9 Å².